The van der Waals surface area contributed by atoms with Crippen molar-refractivity contribution in [2.45, 2.75) is 19.9 Å². The Bertz CT molecular complexity index is 494. The highest BCUT2D eigenvalue weighted by Crippen LogP contribution is 2.15. The van der Waals surface area contributed by atoms with E-state index < -0.39 is 46.9 Å². The van der Waals surface area contributed by atoms with Crippen LogP contribution in [0.25, 0.3) is 0 Å². The predicted octanol–water partition coefficient (Wildman–Crippen LogP) is 1.94. The fourth-order valence-corrected chi connectivity index (χ4v) is 1.49. The van der Waals surface area contributed by atoms with Gasteiger partial charge in [0.15, 0.2) is 0 Å². The molecule has 0 aromatic heterocycles. The van der Waals surface area contributed by atoms with Crippen molar-refractivity contribution in [2.24, 2.45) is 5.92 Å². The summed E-state index contributed by atoms with van der Waals surface area (Å²) in [6, 6.07) is -0.594. The number of rotatable bonds is 4. The van der Waals surface area contributed by atoms with Gasteiger partial charge in [0.1, 0.15) is 29.1 Å². The summed E-state index contributed by atoms with van der Waals surface area (Å²) in [6.07, 6.45) is 0. The van der Waals surface area contributed by atoms with Crippen molar-refractivity contribution in [3.63, 3.8) is 0 Å². The van der Waals surface area contributed by atoms with E-state index in [1.807, 2.05) is 5.32 Å². The molecule has 7 heteroatoms. The van der Waals surface area contributed by atoms with Gasteiger partial charge in [0.05, 0.1) is 0 Å². The van der Waals surface area contributed by atoms with Gasteiger partial charge < -0.3 is 10.4 Å². The van der Waals surface area contributed by atoms with Crippen molar-refractivity contribution < 1.29 is 27.9 Å². The smallest absolute Gasteiger partial charge is 0.326 e. The predicted molar refractivity (Wildman–Crippen MR) is 60.0 cm³/mol. The molecule has 104 valence electrons. The summed E-state index contributed by atoms with van der Waals surface area (Å²) < 4.78 is 39.3. The number of benzene rings is 1. The second-order valence-corrected chi connectivity index (χ2v) is 4.28. The maximum Gasteiger partial charge on any atom is 0.326 e. The van der Waals surface area contributed by atoms with Crippen molar-refractivity contribution in [2.75, 3.05) is 0 Å². The summed E-state index contributed by atoms with van der Waals surface area (Å²) in [6.45, 7) is 3.05. The van der Waals surface area contributed by atoms with Gasteiger partial charge in [-0.2, -0.15) is 0 Å². The zero-order chi connectivity index (χ0) is 14.7. The molecule has 0 aliphatic carbocycles. The molecule has 1 aromatic carbocycles. The second-order valence-electron chi connectivity index (χ2n) is 4.28. The Hall–Kier alpha value is -2.05. The van der Waals surface area contributed by atoms with Crippen LogP contribution in [-0.4, -0.2) is 23.0 Å². The number of halogens is 3. The van der Waals surface area contributed by atoms with Gasteiger partial charge >= 0.3 is 5.97 Å². The Kier molecular flexibility index (Phi) is 4.52. The molecule has 1 rings (SSSR count). The highest BCUT2D eigenvalue weighted by molar-refractivity contribution is 5.97. The van der Waals surface area contributed by atoms with E-state index in [9.17, 15) is 22.8 Å². The van der Waals surface area contributed by atoms with Crippen LogP contribution < -0.4 is 5.32 Å². The van der Waals surface area contributed by atoms with Crippen LogP contribution in [0.2, 0.25) is 0 Å². The molecule has 4 nitrogen and oxygen atoms in total. The minimum Gasteiger partial charge on any atom is -0.480 e. The van der Waals surface area contributed by atoms with Crippen molar-refractivity contribution >= 4 is 11.9 Å². The van der Waals surface area contributed by atoms with Crippen LogP contribution >= 0.6 is 0 Å². The van der Waals surface area contributed by atoms with Gasteiger partial charge in [-0.05, 0) is 5.92 Å². The first-order valence-corrected chi connectivity index (χ1v) is 5.42. The lowest BCUT2D eigenvalue weighted by atomic mass is 10.0. The standard InChI is InChI=1S/C12H12F3NO3/c1-5(2)10(12(18)19)16-11(17)9-7(14)3-6(13)4-8(9)15/h3-5,10H,1-2H3,(H,16,17)(H,18,19)/t10-/m1/s1. The van der Waals surface area contributed by atoms with E-state index in [-0.39, 0.29) is 0 Å². The van der Waals surface area contributed by atoms with Crippen LogP contribution in [0.1, 0.15) is 24.2 Å². The fraction of sp³-hybridized carbons (Fsp3) is 0.333. The van der Waals surface area contributed by atoms with Crippen molar-refractivity contribution in [1.29, 1.82) is 0 Å². The van der Waals surface area contributed by atoms with E-state index >= 15 is 0 Å². The monoisotopic (exact) mass is 275 g/mol. The minimum atomic E-state index is -1.39. The number of hydrogen-bond acceptors (Lipinski definition) is 2. The number of carbonyl (C=O) groups is 2. The third-order valence-corrected chi connectivity index (χ3v) is 2.45. The van der Waals surface area contributed by atoms with Crippen molar-refractivity contribution in [3.8, 4) is 0 Å². The quantitative estimate of drug-likeness (QED) is 0.882. The lowest BCUT2D eigenvalue weighted by molar-refractivity contribution is -0.140. The number of nitrogens with one attached hydrogen (secondary N) is 1. The van der Waals surface area contributed by atoms with E-state index in [1.165, 1.54) is 13.8 Å². The highest BCUT2D eigenvalue weighted by Gasteiger charge is 2.27. The lowest BCUT2D eigenvalue weighted by Gasteiger charge is -2.18. The maximum atomic E-state index is 13.3. The molecule has 1 atom stereocenters. The van der Waals surface area contributed by atoms with Gasteiger partial charge in [0.25, 0.3) is 5.91 Å². The molecule has 1 aromatic rings. The Labute approximate surface area is 107 Å². The van der Waals surface area contributed by atoms with Gasteiger partial charge in [-0.1, -0.05) is 13.8 Å². The molecule has 0 fully saturated rings. The number of amides is 1. The molecule has 0 radical (unpaired) electrons. The Morgan fingerprint density at radius 2 is 1.63 bits per heavy atom. The van der Waals surface area contributed by atoms with Crippen LogP contribution in [0.5, 0.6) is 0 Å². The van der Waals surface area contributed by atoms with Crippen LogP contribution in [0, 0.1) is 23.4 Å². The van der Waals surface area contributed by atoms with Crippen molar-refractivity contribution in [3.05, 3.63) is 35.1 Å². The SMILES string of the molecule is CC(C)[C@@H](NC(=O)c1c(F)cc(F)cc1F)C(=O)O. The number of hydrogen-bond donors (Lipinski definition) is 2. The van der Waals surface area contributed by atoms with E-state index in [1.54, 1.807) is 0 Å². The average Bonchev–Trinajstić information content (AvgIpc) is 2.23. The molecule has 0 aliphatic rings. The minimum absolute atomic E-state index is 0.350. The molecular weight excluding hydrogens is 263 g/mol. The molecule has 1 amide bonds. The average molecular weight is 275 g/mol. The maximum absolute atomic E-state index is 13.3. The van der Waals surface area contributed by atoms with E-state index in [0.717, 1.165) is 0 Å². The molecule has 0 heterocycles. The van der Waals surface area contributed by atoms with E-state index in [2.05, 4.69) is 0 Å². The molecule has 19 heavy (non-hydrogen) atoms. The van der Waals surface area contributed by atoms with Gasteiger partial charge in [0, 0.05) is 12.1 Å². The molecule has 0 unspecified atom stereocenters. The molecule has 2 N–H and O–H groups in total. The van der Waals surface area contributed by atoms with E-state index in [4.69, 9.17) is 5.11 Å². The summed E-state index contributed by atoms with van der Waals surface area (Å²) in [5.41, 5.74) is -1.01. The van der Waals surface area contributed by atoms with Gasteiger partial charge in [-0.3, -0.25) is 4.79 Å². The first kappa shape index (κ1) is 15.0. The summed E-state index contributed by atoms with van der Waals surface area (Å²) in [5.74, 6) is -6.98. The largest absolute Gasteiger partial charge is 0.480 e. The summed E-state index contributed by atoms with van der Waals surface area (Å²) in [7, 11) is 0. The van der Waals surface area contributed by atoms with Gasteiger partial charge in [0.2, 0.25) is 0 Å². The third-order valence-electron chi connectivity index (χ3n) is 2.45. The zero-order valence-corrected chi connectivity index (χ0v) is 10.2. The molecule has 0 spiro atoms. The first-order chi connectivity index (χ1) is 8.73. The topological polar surface area (TPSA) is 66.4 Å². The van der Waals surface area contributed by atoms with Crippen LogP contribution in [0.4, 0.5) is 13.2 Å². The fourth-order valence-electron chi connectivity index (χ4n) is 1.49. The van der Waals surface area contributed by atoms with Crippen LogP contribution in [0.15, 0.2) is 12.1 Å². The van der Waals surface area contributed by atoms with Crippen LogP contribution in [0.3, 0.4) is 0 Å². The van der Waals surface area contributed by atoms with Crippen LogP contribution in [-0.2, 0) is 4.79 Å². The highest BCUT2D eigenvalue weighted by atomic mass is 19.1. The number of aliphatic carboxylic acids is 1. The molecule has 0 aliphatic heterocycles. The molecule has 0 bridgehead atoms. The molecular formula is C12H12F3NO3. The first-order valence-electron chi connectivity index (χ1n) is 5.42. The molecule has 0 saturated carbocycles. The third kappa shape index (κ3) is 3.46. The van der Waals surface area contributed by atoms with Gasteiger partial charge in [-0.25, -0.2) is 18.0 Å². The van der Waals surface area contributed by atoms with Gasteiger partial charge in [-0.15, -0.1) is 0 Å². The normalized spacial score (nSPS) is 12.3. The second kappa shape index (κ2) is 5.73. The van der Waals surface area contributed by atoms with Crippen molar-refractivity contribution in [1.82, 2.24) is 5.32 Å². The number of carbonyl (C=O) groups excluding carboxylic acids is 1. The Morgan fingerprint density at radius 1 is 1.16 bits per heavy atom. The van der Waals surface area contributed by atoms with E-state index in [0.29, 0.717) is 12.1 Å². The summed E-state index contributed by atoms with van der Waals surface area (Å²) in [4.78, 5) is 22.5. The summed E-state index contributed by atoms with van der Waals surface area (Å²) in [5, 5.41) is 10.9. The zero-order valence-electron chi connectivity index (χ0n) is 10.2. The lowest BCUT2D eigenvalue weighted by Crippen LogP contribution is -2.44. The number of carboxylic acid groups (broad SMARTS) is 1. The number of carboxylic acids is 1. The molecule has 0 saturated heterocycles. The Balaban J connectivity index is 3.05. The summed E-state index contributed by atoms with van der Waals surface area (Å²) >= 11 is 0. The Morgan fingerprint density at radius 3 is 2.00 bits per heavy atom.